The first-order chi connectivity index (χ1) is 9.85. The van der Waals surface area contributed by atoms with Gasteiger partial charge in [-0.3, -0.25) is 0 Å². The maximum atomic E-state index is 12.6. The average molecular weight is 301 g/mol. The lowest BCUT2D eigenvalue weighted by Crippen LogP contribution is -2.44. The molecule has 2 atom stereocenters. The van der Waals surface area contributed by atoms with Crippen LogP contribution in [0.5, 0.6) is 0 Å². The highest BCUT2D eigenvalue weighted by Crippen LogP contribution is 2.36. The molecule has 2 nitrogen and oxygen atoms in total. The van der Waals surface area contributed by atoms with Crippen LogP contribution in [0, 0.1) is 0 Å². The van der Waals surface area contributed by atoms with Gasteiger partial charge in [0.2, 0.25) is 0 Å². The largest absolute Gasteiger partial charge is 0.416 e. The SMILES string of the molecule is CCCNC1CCOC(C)(c2ccc(C(F)(F)F)cc2)C1. The lowest BCUT2D eigenvalue weighted by Gasteiger charge is -2.39. The molecule has 1 aromatic rings. The molecule has 0 aliphatic carbocycles. The number of hydrogen-bond acceptors (Lipinski definition) is 2. The average Bonchev–Trinajstić information content (AvgIpc) is 2.44. The molecule has 1 aliphatic heterocycles. The van der Waals surface area contributed by atoms with E-state index >= 15 is 0 Å². The standard InChI is InChI=1S/C16H22F3NO/c1-3-9-20-14-8-10-21-15(2,11-14)12-4-6-13(7-5-12)16(17,18)19/h4-7,14,20H,3,8-11H2,1-2H3. The zero-order valence-electron chi connectivity index (χ0n) is 12.5. The number of hydrogen-bond donors (Lipinski definition) is 1. The second kappa shape index (κ2) is 6.36. The normalized spacial score (nSPS) is 26.8. The Kier molecular flexibility index (Phi) is 4.94. The monoisotopic (exact) mass is 301 g/mol. The highest BCUT2D eigenvalue weighted by atomic mass is 19.4. The van der Waals surface area contributed by atoms with E-state index in [9.17, 15) is 13.2 Å². The van der Waals surface area contributed by atoms with E-state index in [0.29, 0.717) is 12.6 Å². The number of ether oxygens (including phenoxy) is 1. The minimum absolute atomic E-state index is 0.353. The molecule has 1 fully saturated rings. The Labute approximate surface area is 123 Å². The molecule has 0 saturated carbocycles. The summed E-state index contributed by atoms with van der Waals surface area (Å²) in [5.41, 5.74) is -0.335. The maximum Gasteiger partial charge on any atom is 0.416 e. The Hall–Kier alpha value is -1.07. The Morgan fingerprint density at radius 1 is 1.29 bits per heavy atom. The molecule has 0 aromatic heterocycles. The molecular formula is C16H22F3NO. The second-order valence-corrected chi connectivity index (χ2v) is 5.80. The van der Waals surface area contributed by atoms with Crippen LogP contribution in [-0.4, -0.2) is 19.2 Å². The van der Waals surface area contributed by atoms with E-state index in [1.165, 1.54) is 12.1 Å². The molecule has 5 heteroatoms. The van der Waals surface area contributed by atoms with Crippen LogP contribution in [0.1, 0.15) is 44.2 Å². The quantitative estimate of drug-likeness (QED) is 0.904. The summed E-state index contributed by atoms with van der Waals surface area (Å²) in [6, 6.07) is 5.68. The van der Waals surface area contributed by atoms with Gasteiger partial charge in [-0.2, -0.15) is 13.2 Å². The molecule has 0 spiro atoms. The van der Waals surface area contributed by atoms with Crippen molar-refractivity contribution in [2.75, 3.05) is 13.2 Å². The van der Waals surface area contributed by atoms with Crippen molar-refractivity contribution in [3.63, 3.8) is 0 Å². The fourth-order valence-electron chi connectivity index (χ4n) is 2.79. The zero-order chi connectivity index (χ0) is 15.5. The van der Waals surface area contributed by atoms with Crippen LogP contribution in [-0.2, 0) is 16.5 Å². The predicted molar refractivity (Wildman–Crippen MR) is 76.1 cm³/mol. The molecule has 0 radical (unpaired) electrons. The minimum Gasteiger partial charge on any atom is -0.370 e. The third-order valence-electron chi connectivity index (χ3n) is 4.03. The molecule has 2 unspecified atom stereocenters. The topological polar surface area (TPSA) is 21.3 Å². The summed E-state index contributed by atoms with van der Waals surface area (Å²) >= 11 is 0. The van der Waals surface area contributed by atoms with Gasteiger partial charge in [0.25, 0.3) is 0 Å². The fourth-order valence-corrected chi connectivity index (χ4v) is 2.79. The molecule has 1 heterocycles. The maximum absolute atomic E-state index is 12.6. The number of benzene rings is 1. The molecule has 1 N–H and O–H groups in total. The number of alkyl halides is 3. The Balaban J connectivity index is 2.11. The van der Waals surface area contributed by atoms with E-state index in [2.05, 4.69) is 12.2 Å². The van der Waals surface area contributed by atoms with Crippen molar-refractivity contribution in [2.24, 2.45) is 0 Å². The van der Waals surface area contributed by atoms with E-state index in [-0.39, 0.29) is 0 Å². The summed E-state index contributed by atoms with van der Waals surface area (Å²) in [7, 11) is 0. The fraction of sp³-hybridized carbons (Fsp3) is 0.625. The second-order valence-electron chi connectivity index (χ2n) is 5.80. The molecule has 1 saturated heterocycles. The lowest BCUT2D eigenvalue weighted by atomic mass is 9.85. The van der Waals surface area contributed by atoms with Crippen LogP contribution in [0.2, 0.25) is 0 Å². The van der Waals surface area contributed by atoms with Gasteiger partial charge in [-0.1, -0.05) is 19.1 Å². The van der Waals surface area contributed by atoms with Gasteiger partial charge in [0, 0.05) is 12.6 Å². The third kappa shape index (κ3) is 3.98. The van der Waals surface area contributed by atoms with Gasteiger partial charge < -0.3 is 10.1 Å². The molecule has 1 aliphatic rings. The summed E-state index contributed by atoms with van der Waals surface area (Å²) < 4.78 is 43.7. The smallest absolute Gasteiger partial charge is 0.370 e. The van der Waals surface area contributed by atoms with Gasteiger partial charge in [0.05, 0.1) is 11.2 Å². The number of rotatable bonds is 4. The van der Waals surface area contributed by atoms with Crippen LogP contribution in [0.15, 0.2) is 24.3 Å². The Morgan fingerprint density at radius 3 is 2.52 bits per heavy atom. The summed E-state index contributed by atoms with van der Waals surface area (Å²) in [5, 5.41) is 3.47. The van der Waals surface area contributed by atoms with E-state index in [4.69, 9.17) is 4.74 Å². The number of halogens is 3. The van der Waals surface area contributed by atoms with Crippen LogP contribution in [0.3, 0.4) is 0 Å². The van der Waals surface area contributed by atoms with Gasteiger partial charge in [-0.15, -0.1) is 0 Å². The summed E-state index contributed by atoms with van der Waals surface area (Å²) in [4.78, 5) is 0. The Morgan fingerprint density at radius 2 is 1.95 bits per heavy atom. The highest BCUT2D eigenvalue weighted by molar-refractivity contribution is 5.29. The van der Waals surface area contributed by atoms with E-state index in [1.54, 1.807) is 0 Å². The minimum atomic E-state index is -4.29. The van der Waals surface area contributed by atoms with E-state index in [0.717, 1.165) is 43.5 Å². The van der Waals surface area contributed by atoms with E-state index in [1.807, 2.05) is 6.92 Å². The van der Waals surface area contributed by atoms with Crippen LogP contribution < -0.4 is 5.32 Å². The van der Waals surface area contributed by atoms with Gasteiger partial charge in [0.1, 0.15) is 0 Å². The summed E-state index contributed by atoms with van der Waals surface area (Å²) in [6.45, 7) is 5.64. The highest BCUT2D eigenvalue weighted by Gasteiger charge is 2.36. The van der Waals surface area contributed by atoms with Gasteiger partial charge in [0.15, 0.2) is 0 Å². The van der Waals surface area contributed by atoms with Gasteiger partial charge in [-0.05, 0) is 50.4 Å². The molecule has 1 aromatic carbocycles. The summed E-state index contributed by atoms with van der Waals surface area (Å²) in [5.74, 6) is 0. The van der Waals surface area contributed by atoms with Crippen molar-refractivity contribution >= 4 is 0 Å². The first kappa shape index (κ1) is 16.3. The predicted octanol–water partition coefficient (Wildman–Crippen LogP) is 4.10. The van der Waals surface area contributed by atoms with Crippen molar-refractivity contribution in [2.45, 2.75) is 50.9 Å². The van der Waals surface area contributed by atoms with Crippen LogP contribution >= 0.6 is 0 Å². The molecular weight excluding hydrogens is 279 g/mol. The van der Waals surface area contributed by atoms with E-state index < -0.39 is 17.3 Å². The molecule has 0 amide bonds. The van der Waals surface area contributed by atoms with Crippen LogP contribution in [0.4, 0.5) is 13.2 Å². The first-order valence-electron chi connectivity index (χ1n) is 7.40. The van der Waals surface area contributed by atoms with Crippen molar-refractivity contribution in [1.29, 1.82) is 0 Å². The lowest BCUT2D eigenvalue weighted by molar-refractivity contribution is -0.137. The molecule has 2 rings (SSSR count). The third-order valence-corrected chi connectivity index (χ3v) is 4.03. The Bertz CT molecular complexity index is 458. The molecule has 118 valence electrons. The van der Waals surface area contributed by atoms with Crippen LogP contribution in [0.25, 0.3) is 0 Å². The number of nitrogens with one attached hydrogen (secondary N) is 1. The van der Waals surface area contributed by atoms with Crippen molar-refractivity contribution < 1.29 is 17.9 Å². The van der Waals surface area contributed by atoms with Crippen molar-refractivity contribution in [3.05, 3.63) is 35.4 Å². The van der Waals surface area contributed by atoms with Gasteiger partial charge >= 0.3 is 6.18 Å². The first-order valence-corrected chi connectivity index (χ1v) is 7.40. The zero-order valence-corrected chi connectivity index (χ0v) is 12.5. The van der Waals surface area contributed by atoms with Gasteiger partial charge in [-0.25, -0.2) is 0 Å². The molecule has 0 bridgehead atoms. The van der Waals surface area contributed by atoms with Crippen molar-refractivity contribution in [3.8, 4) is 0 Å². The molecule has 21 heavy (non-hydrogen) atoms. The van der Waals surface area contributed by atoms with Crippen molar-refractivity contribution in [1.82, 2.24) is 5.32 Å². The summed E-state index contributed by atoms with van der Waals surface area (Å²) in [6.07, 6.45) is -1.51.